The third kappa shape index (κ3) is 4.26. The molecule has 1 heterocycles. The van der Waals surface area contributed by atoms with Gasteiger partial charge in [0.1, 0.15) is 12.2 Å². The van der Waals surface area contributed by atoms with Crippen LogP contribution in [0.3, 0.4) is 0 Å². The Labute approximate surface area is 95.6 Å². The molecule has 0 aliphatic heterocycles. The average Bonchev–Trinajstić information content (AvgIpc) is 2.71. The Morgan fingerprint density at radius 3 is 3.00 bits per heavy atom. The highest BCUT2D eigenvalue weighted by Gasteiger charge is 2.06. The summed E-state index contributed by atoms with van der Waals surface area (Å²) < 4.78 is 7.02. The van der Waals surface area contributed by atoms with Crippen LogP contribution in [0.15, 0.2) is 6.33 Å². The molecule has 0 atom stereocenters. The Kier molecular flexibility index (Phi) is 5.99. The van der Waals surface area contributed by atoms with Crippen molar-refractivity contribution in [1.29, 1.82) is 0 Å². The number of rotatable bonds is 8. The van der Waals surface area contributed by atoms with Crippen LogP contribution in [0.1, 0.15) is 25.7 Å². The summed E-state index contributed by atoms with van der Waals surface area (Å²) in [6, 6.07) is 0.324. The number of hydrogen-bond donors (Lipinski definition) is 2. The summed E-state index contributed by atoms with van der Waals surface area (Å²) in [5.41, 5.74) is 0. The summed E-state index contributed by atoms with van der Waals surface area (Å²) in [6.45, 7) is 6.62. The molecule has 0 saturated carbocycles. The quantitative estimate of drug-likeness (QED) is 0.611. The molecule has 1 aromatic rings. The van der Waals surface area contributed by atoms with Gasteiger partial charge in [0.25, 0.3) is 0 Å². The lowest BCUT2D eigenvalue weighted by molar-refractivity contribution is 0.0936. The predicted molar refractivity (Wildman–Crippen MR) is 60.0 cm³/mol. The number of nitrogens with one attached hydrogen (secondary N) is 1. The first-order chi connectivity index (χ1) is 7.75. The highest BCUT2D eigenvalue weighted by atomic mass is 16.5. The van der Waals surface area contributed by atoms with Gasteiger partial charge in [-0.05, 0) is 13.8 Å². The summed E-state index contributed by atoms with van der Waals surface area (Å²) in [5, 5.41) is 15.9. The number of nitrogens with zero attached hydrogens (tertiary/aromatic N) is 3. The Hall–Kier alpha value is -0.980. The summed E-state index contributed by atoms with van der Waals surface area (Å²) in [5.74, 6) is 0.928. The van der Waals surface area contributed by atoms with E-state index in [1.807, 2.05) is 4.68 Å². The van der Waals surface area contributed by atoms with Crippen LogP contribution in [0.4, 0.5) is 0 Å². The molecule has 0 aliphatic carbocycles. The molecule has 0 fully saturated rings. The van der Waals surface area contributed by atoms with Crippen LogP contribution < -0.4 is 5.32 Å². The summed E-state index contributed by atoms with van der Waals surface area (Å²) in [4.78, 5) is 4.18. The lowest BCUT2D eigenvalue weighted by Crippen LogP contribution is -2.22. The maximum Gasteiger partial charge on any atom is 0.141 e. The van der Waals surface area contributed by atoms with E-state index in [-0.39, 0.29) is 6.61 Å². The molecule has 1 rings (SSSR count). The van der Waals surface area contributed by atoms with Crippen LogP contribution in [-0.2, 0) is 11.3 Å². The molecule has 6 nitrogen and oxygen atoms in total. The lowest BCUT2D eigenvalue weighted by atomic mass is 10.4. The molecule has 6 heteroatoms. The van der Waals surface area contributed by atoms with E-state index in [0.717, 1.165) is 12.4 Å². The monoisotopic (exact) mass is 228 g/mol. The minimum atomic E-state index is 0.0711. The lowest BCUT2D eigenvalue weighted by Gasteiger charge is -2.10. The van der Waals surface area contributed by atoms with Crippen LogP contribution in [0, 0.1) is 0 Å². The summed E-state index contributed by atoms with van der Waals surface area (Å²) >= 11 is 0. The maximum absolute atomic E-state index is 8.50. The van der Waals surface area contributed by atoms with Crippen molar-refractivity contribution in [1.82, 2.24) is 20.1 Å². The molecular formula is C10H20N4O2. The van der Waals surface area contributed by atoms with E-state index in [4.69, 9.17) is 9.84 Å². The summed E-state index contributed by atoms with van der Waals surface area (Å²) in [7, 11) is 0. The molecule has 1 aromatic heterocycles. The van der Waals surface area contributed by atoms with E-state index in [1.165, 1.54) is 0 Å². The minimum Gasteiger partial charge on any atom is -0.394 e. The van der Waals surface area contributed by atoms with Gasteiger partial charge in [-0.3, -0.25) is 0 Å². The Bertz CT molecular complexity index is 288. The maximum atomic E-state index is 8.50. The van der Waals surface area contributed by atoms with Gasteiger partial charge in [-0.2, -0.15) is 5.10 Å². The molecule has 0 aromatic carbocycles. The van der Waals surface area contributed by atoms with E-state index in [9.17, 15) is 0 Å². The van der Waals surface area contributed by atoms with Crippen LogP contribution >= 0.6 is 0 Å². The van der Waals surface area contributed by atoms with E-state index < -0.39 is 0 Å². The number of aliphatic hydroxyl groups excluding tert-OH is 1. The number of ether oxygens (including phenoxy) is 1. The average molecular weight is 228 g/mol. The summed E-state index contributed by atoms with van der Waals surface area (Å²) in [6.07, 6.45) is 1.57. The van der Waals surface area contributed by atoms with Gasteiger partial charge >= 0.3 is 0 Å². The Morgan fingerprint density at radius 1 is 1.50 bits per heavy atom. The number of aromatic nitrogens is 3. The molecule has 0 saturated heterocycles. The predicted octanol–water partition coefficient (Wildman–Crippen LogP) is -0.0425. The van der Waals surface area contributed by atoms with Gasteiger partial charge in [0.05, 0.1) is 26.4 Å². The van der Waals surface area contributed by atoms with E-state index in [1.54, 1.807) is 6.33 Å². The van der Waals surface area contributed by atoms with Gasteiger partial charge in [0.2, 0.25) is 0 Å². The normalized spacial score (nSPS) is 11.2. The standard InChI is InChI=1S/C10H20N4O2/c1-9(2)14-10(12-8-13-14)7-11-3-5-16-6-4-15/h8-9,11,15H,3-7H2,1-2H3. The second kappa shape index (κ2) is 7.32. The fraction of sp³-hybridized carbons (Fsp3) is 0.800. The van der Waals surface area contributed by atoms with Crippen molar-refractivity contribution in [3.05, 3.63) is 12.2 Å². The third-order valence-electron chi connectivity index (χ3n) is 2.08. The van der Waals surface area contributed by atoms with Crippen molar-refractivity contribution < 1.29 is 9.84 Å². The molecule has 16 heavy (non-hydrogen) atoms. The van der Waals surface area contributed by atoms with Gasteiger partial charge in [0.15, 0.2) is 0 Å². The minimum absolute atomic E-state index is 0.0711. The first kappa shape index (κ1) is 13.1. The van der Waals surface area contributed by atoms with E-state index >= 15 is 0 Å². The van der Waals surface area contributed by atoms with Crippen LogP contribution in [0.2, 0.25) is 0 Å². The molecule has 2 N–H and O–H groups in total. The Balaban J connectivity index is 2.19. The molecule has 0 amide bonds. The van der Waals surface area contributed by atoms with Crippen LogP contribution in [0.5, 0.6) is 0 Å². The van der Waals surface area contributed by atoms with Gasteiger partial charge in [-0.1, -0.05) is 0 Å². The molecule has 0 spiro atoms. The molecular weight excluding hydrogens is 208 g/mol. The first-order valence-electron chi connectivity index (χ1n) is 5.53. The fourth-order valence-corrected chi connectivity index (χ4v) is 1.34. The van der Waals surface area contributed by atoms with Crippen LogP contribution in [0.25, 0.3) is 0 Å². The molecule has 0 radical (unpaired) electrons. The van der Waals surface area contributed by atoms with Gasteiger partial charge in [0, 0.05) is 12.6 Å². The fourth-order valence-electron chi connectivity index (χ4n) is 1.34. The Morgan fingerprint density at radius 2 is 2.31 bits per heavy atom. The smallest absolute Gasteiger partial charge is 0.141 e. The van der Waals surface area contributed by atoms with Gasteiger partial charge in [-0.15, -0.1) is 0 Å². The zero-order valence-corrected chi connectivity index (χ0v) is 9.89. The second-order valence-electron chi connectivity index (χ2n) is 3.73. The van der Waals surface area contributed by atoms with Crippen molar-refractivity contribution in [3.8, 4) is 0 Å². The van der Waals surface area contributed by atoms with E-state index in [2.05, 4.69) is 29.2 Å². The van der Waals surface area contributed by atoms with Gasteiger partial charge in [-0.25, -0.2) is 9.67 Å². The second-order valence-corrected chi connectivity index (χ2v) is 3.73. The van der Waals surface area contributed by atoms with Crippen LogP contribution in [-0.4, -0.2) is 46.2 Å². The van der Waals surface area contributed by atoms with Gasteiger partial charge < -0.3 is 15.2 Å². The van der Waals surface area contributed by atoms with Crippen molar-refractivity contribution in [2.24, 2.45) is 0 Å². The zero-order valence-electron chi connectivity index (χ0n) is 9.89. The topological polar surface area (TPSA) is 72.2 Å². The number of aliphatic hydroxyl groups is 1. The molecule has 92 valence electrons. The van der Waals surface area contributed by atoms with Crippen molar-refractivity contribution in [2.45, 2.75) is 26.4 Å². The van der Waals surface area contributed by atoms with E-state index in [0.29, 0.717) is 25.8 Å². The third-order valence-corrected chi connectivity index (χ3v) is 2.08. The SMILES string of the molecule is CC(C)n1ncnc1CNCCOCCO. The molecule has 0 aliphatic rings. The largest absolute Gasteiger partial charge is 0.394 e. The first-order valence-corrected chi connectivity index (χ1v) is 5.53. The van der Waals surface area contributed by atoms with Crippen molar-refractivity contribution >= 4 is 0 Å². The van der Waals surface area contributed by atoms with Crippen molar-refractivity contribution in [3.63, 3.8) is 0 Å². The zero-order chi connectivity index (χ0) is 11.8. The van der Waals surface area contributed by atoms with Crippen molar-refractivity contribution in [2.75, 3.05) is 26.4 Å². The molecule has 0 unspecified atom stereocenters. The molecule has 0 bridgehead atoms. The number of hydrogen-bond acceptors (Lipinski definition) is 5. The highest BCUT2D eigenvalue weighted by Crippen LogP contribution is 2.04. The highest BCUT2D eigenvalue weighted by molar-refractivity contribution is 4.85.